The standard InChI is InChI=1S/C7H14O2.2CH4/c1-2-3-6(8)4-7-5-9-7;;/h6-8H,2-5H2,1H3;2*1H4/t6-,7-;;/m1../s1. The minimum atomic E-state index is -0.123. The Bertz CT molecular complexity index is 79.6. The van der Waals surface area contributed by atoms with Crippen molar-refractivity contribution in [3.63, 3.8) is 0 Å². The van der Waals surface area contributed by atoms with E-state index >= 15 is 0 Å². The number of aliphatic hydroxyl groups excluding tert-OH is 1. The SMILES string of the molecule is C.C.CCC[C@@H](O)C[C@@H]1CO1. The highest BCUT2D eigenvalue weighted by molar-refractivity contribution is 4.72. The van der Waals surface area contributed by atoms with Gasteiger partial charge in [0.15, 0.2) is 0 Å². The van der Waals surface area contributed by atoms with E-state index in [4.69, 9.17) is 4.74 Å². The summed E-state index contributed by atoms with van der Waals surface area (Å²) in [5, 5.41) is 9.18. The molecule has 2 atom stereocenters. The van der Waals surface area contributed by atoms with E-state index in [1.807, 2.05) is 0 Å². The van der Waals surface area contributed by atoms with Crippen molar-refractivity contribution in [2.24, 2.45) is 0 Å². The van der Waals surface area contributed by atoms with Crippen LogP contribution in [0.1, 0.15) is 41.0 Å². The molecule has 1 aliphatic heterocycles. The number of hydrogen-bond donors (Lipinski definition) is 1. The van der Waals surface area contributed by atoms with Gasteiger partial charge < -0.3 is 9.84 Å². The molecule has 1 heterocycles. The molecule has 0 aromatic carbocycles. The first-order valence-electron chi connectivity index (χ1n) is 3.62. The molecule has 1 N–H and O–H groups in total. The third-order valence-corrected chi connectivity index (χ3v) is 1.56. The lowest BCUT2D eigenvalue weighted by atomic mass is 10.1. The summed E-state index contributed by atoms with van der Waals surface area (Å²) >= 11 is 0. The quantitative estimate of drug-likeness (QED) is 0.643. The zero-order valence-corrected chi connectivity index (χ0v) is 5.84. The van der Waals surface area contributed by atoms with Gasteiger partial charge >= 0.3 is 0 Å². The Morgan fingerprint density at radius 1 is 1.55 bits per heavy atom. The maximum atomic E-state index is 9.18. The number of aliphatic hydroxyl groups is 1. The van der Waals surface area contributed by atoms with Crippen LogP contribution in [0.3, 0.4) is 0 Å². The predicted molar refractivity (Wildman–Crippen MR) is 48.7 cm³/mol. The van der Waals surface area contributed by atoms with Crippen molar-refractivity contribution in [1.82, 2.24) is 0 Å². The lowest BCUT2D eigenvalue weighted by molar-refractivity contribution is 0.142. The van der Waals surface area contributed by atoms with E-state index in [9.17, 15) is 5.11 Å². The third kappa shape index (κ3) is 6.32. The van der Waals surface area contributed by atoms with Crippen LogP contribution >= 0.6 is 0 Å². The van der Waals surface area contributed by atoms with Crippen molar-refractivity contribution < 1.29 is 9.84 Å². The minimum Gasteiger partial charge on any atom is -0.393 e. The summed E-state index contributed by atoms with van der Waals surface area (Å²) < 4.78 is 4.97. The van der Waals surface area contributed by atoms with Gasteiger partial charge in [0.25, 0.3) is 0 Å². The summed E-state index contributed by atoms with van der Waals surface area (Å²) in [6, 6.07) is 0. The molecule has 1 saturated heterocycles. The molecule has 0 amide bonds. The van der Waals surface area contributed by atoms with E-state index in [2.05, 4.69) is 6.92 Å². The molecule has 1 aliphatic rings. The minimum absolute atomic E-state index is 0. The first-order valence-corrected chi connectivity index (χ1v) is 3.62. The molecule has 0 aromatic heterocycles. The maximum Gasteiger partial charge on any atom is 0.0834 e. The van der Waals surface area contributed by atoms with Crippen molar-refractivity contribution >= 4 is 0 Å². The molecule has 0 aromatic rings. The molecule has 1 fully saturated rings. The normalized spacial score (nSPS) is 22.9. The van der Waals surface area contributed by atoms with Crippen molar-refractivity contribution in [3.05, 3.63) is 0 Å². The van der Waals surface area contributed by atoms with E-state index < -0.39 is 0 Å². The number of hydrogen-bond acceptors (Lipinski definition) is 2. The van der Waals surface area contributed by atoms with E-state index in [-0.39, 0.29) is 21.0 Å². The van der Waals surface area contributed by atoms with Crippen molar-refractivity contribution in [3.8, 4) is 0 Å². The number of ether oxygens (including phenoxy) is 1. The zero-order valence-electron chi connectivity index (χ0n) is 5.84. The Hall–Kier alpha value is -0.0800. The van der Waals surface area contributed by atoms with Gasteiger partial charge in [0.2, 0.25) is 0 Å². The van der Waals surface area contributed by atoms with Crippen LogP contribution in [0.4, 0.5) is 0 Å². The summed E-state index contributed by atoms with van der Waals surface area (Å²) in [6.07, 6.45) is 3.08. The lowest BCUT2D eigenvalue weighted by Crippen LogP contribution is -2.08. The number of rotatable bonds is 4. The van der Waals surface area contributed by atoms with E-state index in [0.29, 0.717) is 6.10 Å². The molecule has 70 valence electrons. The third-order valence-electron chi connectivity index (χ3n) is 1.56. The van der Waals surface area contributed by atoms with Gasteiger partial charge in [0.1, 0.15) is 0 Å². The molecule has 0 aliphatic carbocycles. The van der Waals surface area contributed by atoms with Crippen LogP contribution in [0.2, 0.25) is 0 Å². The van der Waals surface area contributed by atoms with E-state index in [0.717, 1.165) is 25.9 Å². The average Bonchev–Trinajstić information content (AvgIpc) is 2.50. The molecule has 2 nitrogen and oxygen atoms in total. The molecule has 0 saturated carbocycles. The van der Waals surface area contributed by atoms with Gasteiger partial charge in [-0.2, -0.15) is 0 Å². The molecular formula is C9H22O2. The Morgan fingerprint density at radius 2 is 2.09 bits per heavy atom. The highest BCUT2D eigenvalue weighted by atomic mass is 16.6. The molecule has 2 heteroatoms. The molecule has 1 rings (SSSR count). The van der Waals surface area contributed by atoms with Gasteiger partial charge in [-0.25, -0.2) is 0 Å². The van der Waals surface area contributed by atoms with Crippen LogP contribution < -0.4 is 0 Å². The molecule has 11 heavy (non-hydrogen) atoms. The smallest absolute Gasteiger partial charge is 0.0834 e. The molecule has 0 radical (unpaired) electrons. The highest BCUT2D eigenvalue weighted by Gasteiger charge is 2.24. The van der Waals surface area contributed by atoms with Crippen molar-refractivity contribution in [1.29, 1.82) is 0 Å². The van der Waals surface area contributed by atoms with Gasteiger partial charge in [0, 0.05) is 6.42 Å². The topological polar surface area (TPSA) is 32.8 Å². The second-order valence-corrected chi connectivity index (χ2v) is 2.63. The summed E-state index contributed by atoms with van der Waals surface area (Å²) in [4.78, 5) is 0. The van der Waals surface area contributed by atoms with Crippen LogP contribution in [-0.4, -0.2) is 23.9 Å². The zero-order chi connectivity index (χ0) is 6.69. The predicted octanol–water partition coefficient (Wildman–Crippen LogP) is 2.21. The fraction of sp³-hybridized carbons (Fsp3) is 1.00. The van der Waals surface area contributed by atoms with Gasteiger partial charge in [-0.3, -0.25) is 0 Å². The monoisotopic (exact) mass is 162 g/mol. The van der Waals surface area contributed by atoms with Crippen molar-refractivity contribution in [2.75, 3.05) is 6.61 Å². The Kier molecular flexibility index (Phi) is 8.13. The maximum absolute atomic E-state index is 9.18. The first kappa shape index (κ1) is 13.5. The Labute approximate surface area is 70.6 Å². The Morgan fingerprint density at radius 3 is 2.45 bits per heavy atom. The second kappa shape index (κ2) is 6.62. The van der Waals surface area contributed by atoms with Gasteiger partial charge in [-0.05, 0) is 6.42 Å². The highest BCUT2D eigenvalue weighted by Crippen LogP contribution is 2.17. The number of epoxide rings is 1. The fourth-order valence-electron chi connectivity index (χ4n) is 0.959. The summed E-state index contributed by atoms with van der Waals surface area (Å²) in [7, 11) is 0. The van der Waals surface area contributed by atoms with Crippen LogP contribution in [0, 0.1) is 0 Å². The largest absolute Gasteiger partial charge is 0.393 e. The van der Waals surface area contributed by atoms with Gasteiger partial charge in [-0.15, -0.1) is 0 Å². The molecule has 0 spiro atoms. The van der Waals surface area contributed by atoms with Crippen LogP contribution in [-0.2, 0) is 4.74 Å². The second-order valence-electron chi connectivity index (χ2n) is 2.63. The summed E-state index contributed by atoms with van der Waals surface area (Å²) in [6.45, 7) is 2.94. The van der Waals surface area contributed by atoms with Gasteiger partial charge in [-0.1, -0.05) is 28.2 Å². The molecular weight excluding hydrogens is 140 g/mol. The molecule has 0 bridgehead atoms. The van der Waals surface area contributed by atoms with Crippen LogP contribution in [0.5, 0.6) is 0 Å². The van der Waals surface area contributed by atoms with Crippen molar-refractivity contribution in [2.45, 2.75) is 53.2 Å². The van der Waals surface area contributed by atoms with Crippen LogP contribution in [0.15, 0.2) is 0 Å². The first-order chi connectivity index (χ1) is 4.33. The van der Waals surface area contributed by atoms with Gasteiger partial charge in [0.05, 0.1) is 18.8 Å². The average molecular weight is 162 g/mol. The van der Waals surface area contributed by atoms with E-state index in [1.54, 1.807) is 0 Å². The fourth-order valence-corrected chi connectivity index (χ4v) is 0.959. The summed E-state index contributed by atoms with van der Waals surface area (Å²) in [5.74, 6) is 0. The molecule has 0 unspecified atom stereocenters. The lowest BCUT2D eigenvalue weighted by Gasteiger charge is -2.04. The van der Waals surface area contributed by atoms with E-state index in [1.165, 1.54) is 0 Å². The Balaban J connectivity index is 0. The van der Waals surface area contributed by atoms with Crippen LogP contribution in [0.25, 0.3) is 0 Å². The summed E-state index contributed by atoms with van der Waals surface area (Å²) in [5.41, 5.74) is 0.